The van der Waals surface area contributed by atoms with Crippen LogP contribution < -0.4 is 0 Å². The molecule has 0 saturated carbocycles. The summed E-state index contributed by atoms with van der Waals surface area (Å²) in [5.74, 6) is 0. The first-order valence-electron chi connectivity index (χ1n) is 3.27. The van der Waals surface area contributed by atoms with Crippen LogP contribution in [-0.4, -0.2) is 40.3 Å². The maximum Gasteiger partial charge on any atom is 0.468 e. The standard InChI is InChI=1S/C3H13NO3Si4/c4-2-1-3-11(5-8,6-9)7-10/h1,3H2,8-10H3. The second-order valence-corrected chi connectivity index (χ2v) is 8.72. The molecule has 0 aliphatic heterocycles. The van der Waals surface area contributed by atoms with E-state index in [1.807, 2.05) is 0 Å². The molecule has 0 atom stereocenters. The minimum atomic E-state index is -2.28. The number of rotatable bonds is 5. The lowest BCUT2D eigenvalue weighted by Crippen LogP contribution is -2.43. The fourth-order valence-electron chi connectivity index (χ4n) is 0.765. The number of nitrogens with zero attached hydrogens (tertiary/aromatic N) is 1. The van der Waals surface area contributed by atoms with Crippen LogP contribution in [0.25, 0.3) is 0 Å². The van der Waals surface area contributed by atoms with Gasteiger partial charge in [0.25, 0.3) is 0 Å². The minimum Gasteiger partial charge on any atom is -0.425 e. The van der Waals surface area contributed by atoms with E-state index in [9.17, 15) is 0 Å². The highest BCUT2D eigenvalue weighted by atomic mass is 28.5. The second-order valence-electron chi connectivity index (χ2n) is 1.95. The first kappa shape index (κ1) is 11.2. The summed E-state index contributed by atoms with van der Waals surface area (Å²) in [5, 5.41) is 8.36. The maximum absolute atomic E-state index is 8.36. The van der Waals surface area contributed by atoms with Gasteiger partial charge in [-0.15, -0.1) is 0 Å². The lowest BCUT2D eigenvalue weighted by molar-refractivity contribution is 0.295. The first-order chi connectivity index (χ1) is 5.24. The summed E-state index contributed by atoms with van der Waals surface area (Å²) in [4.78, 5) is 0. The van der Waals surface area contributed by atoms with Gasteiger partial charge in [0.1, 0.15) is 31.5 Å². The summed E-state index contributed by atoms with van der Waals surface area (Å²) < 4.78 is 15.9. The summed E-state index contributed by atoms with van der Waals surface area (Å²) in [7, 11) is -0.389. The summed E-state index contributed by atoms with van der Waals surface area (Å²) in [6.45, 7) is 0. The average Bonchev–Trinajstić information content (AvgIpc) is 2.08. The van der Waals surface area contributed by atoms with Gasteiger partial charge in [-0.2, -0.15) is 5.26 Å². The molecule has 0 spiro atoms. The summed E-state index contributed by atoms with van der Waals surface area (Å²) in [5.41, 5.74) is 0. The smallest absolute Gasteiger partial charge is 0.425 e. The molecule has 64 valence electrons. The molecule has 8 heteroatoms. The topological polar surface area (TPSA) is 51.5 Å². The van der Waals surface area contributed by atoms with Crippen LogP contribution in [0, 0.1) is 11.3 Å². The zero-order valence-electron chi connectivity index (χ0n) is 7.09. The molecule has 0 aromatic carbocycles. The quantitative estimate of drug-likeness (QED) is 0.459. The molecule has 0 saturated heterocycles. The van der Waals surface area contributed by atoms with Crippen LogP contribution in [-0.2, 0) is 12.3 Å². The predicted molar refractivity (Wildman–Crippen MR) is 53.9 cm³/mol. The Morgan fingerprint density at radius 1 is 1.18 bits per heavy atom. The van der Waals surface area contributed by atoms with Gasteiger partial charge in [-0.1, -0.05) is 0 Å². The number of nitriles is 1. The molecule has 0 N–H and O–H groups in total. The van der Waals surface area contributed by atoms with Gasteiger partial charge in [0.2, 0.25) is 0 Å². The molecular formula is C3H13NO3Si4. The van der Waals surface area contributed by atoms with Crippen molar-refractivity contribution in [3.63, 3.8) is 0 Å². The maximum atomic E-state index is 8.36. The van der Waals surface area contributed by atoms with Crippen LogP contribution in [0.15, 0.2) is 0 Å². The Morgan fingerprint density at radius 3 is 1.91 bits per heavy atom. The van der Waals surface area contributed by atoms with Crippen LogP contribution in [0.2, 0.25) is 6.04 Å². The lowest BCUT2D eigenvalue weighted by Gasteiger charge is -2.25. The molecule has 0 bridgehead atoms. The third-order valence-electron chi connectivity index (χ3n) is 1.48. The molecule has 0 heterocycles. The fraction of sp³-hybridized carbons (Fsp3) is 0.667. The highest BCUT2D eigenvalue weighted by molar-refractivity contribution is 6.69. The molecule has 0 rings (SSSR count). The lowest BCUT2D eigenvalue weighted by atomic mass is 10.6. The van der Waals surface area contributed by atoms with E-state index < -0.39 is 8.80 Å². The van der Waals surface area contributed by atoms with Crippen LogP contribution in [0.1, 0.15) is 6.42 Å². The van der Waals surface area contributed by atoms with Crippen molar-refractivity contribution in [2.24, 2.45) is 0 Å². The van der Waals surface area contributed by atoms with E-state index in [2.05, 4.69) is 6.07 Å². The van der Waals surface area contributed by atoms with Crippen LogP contribution >= 0.6 is 0 Å². The number of hydrogen-bond donors (Lipinski definition) is 0. The molecule has 0 aromatic rings. The normalized spacial score (nSPS) is 16.3. The molecule has 0 aliphatic rings. The molecule has 0 aliphatic carbocycles. The zero-order valence-corrected chi connectivity index (χ0v) is 14.1. The van der Waals surface area contributed by atoms with E-state index in [1.54, 1.807) is 0 Å². The minimum absolute atomic E-state index is 0.471. The van der Waals surface area contributed by atoms with Gasteiger partial charge >= 0.3 is 8.80 Å². The van der Waals surface area contributed by atoms with Gasteiger partial charge in [-0.25, -0.2) is 0 Å². The van der Waals surface area contributed by atoms with E-state index in [0.717, 1.165) is 0 Å². The molecule has 0 aromatic heterocycles. The Hall–Kier alpha value is 0.238. The summed E-state index contributed by atoms with van der Waals surface area (Å²) >= 11 is 0. The van der Waals surface area contributed by atoms with E-state index >= 15 is 0 Å². The van der Waals surface area contributed by atoms with Crippen molar-refractivity contribution in [3.8, 4) is 6.07 Å². The Morgan fingerprint density at radius 2 is 1.64 bits per heavy atom. The van der Waals surface area contributed by atoms with E-state index in [4.69, 9.17) is 17.6 Å². The summed E-state index contributed by atoms with van der Waals surface area (Å²) in [6, 6.07) is 2.72. The molecule has 0 radical (unpaired) electrons. The molecule has 0 unspecified atom stereocenters. The molecular weight excluding hydrogens is 210 g/mol. The monoisotopic (exact) mass is 223 g/mol. The van der Waals surface area contributed by atoms with Gasteiger partial charge in [0.15, 0.2) is 0 Å². The van der Waals surface area contributed by atoms with Crippen LogP contribution in [0.3, 0.4) is 0 Å². The van der Waals surface area contributed by atoms with Crippen molar-refractivity contribution in [1.82, 2.24) is 0 Å². The Kier molecular flexibility index (Phi) is 5.96. The van der Waals surface area contributed by atoms with Crippen molar-refractivity contribution in [3.05, 3.63) is 0 Å². The van der Waals surface area contributed by atoms with E-state index in [-0.39, 0.29) is 0 Å². The van der Waals surface area contributed by atoms with Crippen molar-refractivity contribution in [2.45, 2.75) is 12.5 Å². The Labute approximate surface area is 76.8 Å². The fourth-order valence-corrected chi connectivity index (χ4v) is 10.1. The van der Waals surface area contributed by atoms with E-state index in [0.29, 0.717) is 43.9 Å². The largest absolute Gasteiger partial charge is 0.468 e. The van der Waals surface area contributed by atoms with Crippen molar-refractivity contribution >= 4 is 40.3 Å². The van der Waals surface area contributed by atoms with Gasteiger partial charge < -0.3 is 12.3 Å². The van der Waals surface area contributed by atoms with Gasteiger partial charge in [0, 0.05) is 12.5 Å². The third kappa shape index (κ3) is 3.43. The second kappa shape index (κ2) is 5.83. The van der Waals surface area contributed by atoms with E-state index in [1.165, 1.54) is 0 Å². The van der Waals surface area contributed by atoms with Gasteiger partial charge in [0.05, 0.1) is 6.07 Å². The van der Waals surface area contributed by atoms with Crippen LogP contribution in [0.5, 0.6) is 0 Å². The predicted octanol–water partition coefficient (Wildman–Crippen LogP) is -3.27. The third-order valence-corrected chi connectivity index (χ3v) is 9.80. The SMILES string of the molecule is N#CCC[Si](O[SiH3])(O[SiH3])O[SiH3]. The zero-order chi connectivity index (χ0) is 8.74. The highest BCUT2D eigenvalue weighted by Crippen LogP contribution is 2.12. The van der Waals surface area contributed by atoms with Crippen molar-refractivity contribution in [1.29, 1.82) is 5.26 Å². The first-order valence-corrected chi connectivity index (χ1v) is 7.65. The molecule has 0 fully saturated rings. The Bertz CT molecular complexity index is 136. The number of hydrogen-bond acceptors (Lipinski definition) is 4. The molecule has 11 heavy (non-hydrogen) atoms. The van der Waals surface area contributed by atoms with Gasteiger partial charge in [-0.05, 0) is 0 Å². The van der Waals surface area contributed by atoms with Crippen LogP contribution in [0.4, 0.5) is 0 Å². The van der Waals surface area contributed by atoms with Crippen molar-refractivity contribution in [2.75, 3.05) is 0 Å². The van der Waals surface area contributed by atoms with Crippen molar-refractivity contribution < 1.29 is 12.3 Å². The Balaban J connectivity index is 3.96. The average molecular weight is 223 g/mol. The molecule has 4 nitrogen and oxygen atoms in total. The summed E-state index contributed by atoms with van der Waals surface area (Å²) in [6.07, 6.45) is 0.471. The van der Waals surface area contributed by atoms with Gasteiger partial charge in [-0.3, -0.25) is 0 Å². The molecule has 0 amide bonds. The highest BCUT2D eigenvalue weighted by Gasteiger charge is 2.34.